The predicted molar refractivity (Wildman–Crippen MR) is 124 cm³/mol. The fourth-order valence-corrected chi connectivity index (χ4v) is 4.41. The van der Waals surface area contributed by atoms with Gasteiger partial charge in [-0.25, -0.2) is 9.97 Å². The fraction of sp³-hybridized carbons (Fsp3) is 0.440. The highest BCUT2D eigenvalue weighted by molar-refractivity contribution is 5.65. The van der Waals surface area contributed by atoms with E-state index in [-0.39, 0.29) is 5.41 Å². The van der Waals surface area contributed by atoms with Crippen molar-refractivity contribution in [3.63, 3.8) is 0 Å². The third kappa shape index (κ3) is 4.37. The highest BCUT2D eigenvalue weighted by atomic mass is 15.3. The summed E-state index contributed by atoms with van der Waals surface area (Å²) in [5.74, 6) is 1.12. The van der Waals surface area contributed by atoms with Gasteiger partial charge in [-0.2, -0.15) is 10.4 Å². The maximum Gasteiger partial charge on any atom is 0.227 e. The molecule has 2 aliphatic rings. The Balaban J connectivity index is 1.40. The van der Waals surface area contributed by atoms with Gasteiger partial charge in [-0.15, -0.1) is 0 Å². The Hall–Kier alpha value is -3.24. The summed E-state index contributed by atoms with van der Waals surface area (Å²) < 4.78 is 1.91. The standard InChI is InChI=1S/C25H29N7/c1-31(2)14-18-5-3-6-21(11-18)29-24-27-13-22(19-7-8-19)23(30-24)20-12-28-32(15-20)17-25(16-26)9-4-10-25/h3,5-6,11-13,15,19H,4,7-10,14,17H2,1-2H3,(H,27,29,30). The van der Waals surface area contributed by atoms with Crippen molar-refractivity contribution >= 4 is 11.6 Å². The molecule has 1 aromatic carbocycles. The highest BCUT2D eigenvalue weighted by Gasteiger charge is 2.38. The average molecular weight is 428 g/mol. The van der Waals surface area contributed by atoms with Crippen molar-refractivity contribution in [3.05, 3.63) is 54.0 Å². The summed E-state index contributed by atoms with van der Waals surface area (Å²) in [6, 6.07) is 10.9. The fourth-order valence-electron chi connectivity index (χ4n) is 4.41. The molecule has 0 bridgehead atoms. The Bertz CT molecular complexity index is 1150. The molecule has 7 nitrogen and oxygen atoms in total. The third-order valence-electron chi connectivity index (χ3n) is 6.44. The van der Waals surface area contributed by atoms with Crippen molar-refractivity contribution in [2.75, 3.05) is 19.4 Å². The summed E-state index contributed by atoms with van der Waals surface area (Å²) in [5, 5.41) is 17.5. The average Bonchev–Trinajstić information content (AvgIpc) is 3.48. The van der Waals surface area contributed by atoms with Gasteiger partial charge in [0.1, 0.15) is 0 Å². The number of benzene rings is 1. The van der Waals surface area contributed by atoms with Gasteiger partial charge in [0.15, 0.2) is 0 Å². The van der Waals surface area contributed by atoms with Crippen molar-refractivity contribution in [2.24, 2.45) is 5.41 Å². The lowest BCUT2D eigenvalue weighted by Crippen LogP contribution is -2.32. The van der Waals surface area contributed by atoms with Crippen LogP contribution in [-0.2, 0) is 13.1 Å². The van der Waals surface area contributed by atoms with Gasteiger partial charge in [-0.3, -0.25) is 4.68 Å². The van der Waals surface area contributed by atoms with E-state index < -0.39 is 0 Å². The van der Waals surface area contributed by atoms with Crippen molar-refractivity contribution < 1.29 is 0 Å². The van der Waals surface area contributed by atoms with Gasteiger partial charge in [-0.05, 0) is 63.4 Å². The van der Waals surface area contributed by atoms with E-state index in [1.807, 2.05) is 29.3 Å². The monoisotopic (exact) mass is 427 g/mol. The van der Waals surface area contributed by atoms with E-state index in [1.165, 1.54) is 24.0 Å². The van der Waals surface area contributed by atoms with Gasteiger partial charge < -0.3 is 10.2 Å². The van der Waals surface area contributed by atoms with Gasteiger partial charge in [0.2, 0.25) is 5.95 Å². The molecule has 2 heterocycles. The quantitative estimate of drug-likeness (QED) is 0.560. The molecule has 0 radical (unpaired) electrons. The van der Waals surface area contributed by atoms with Crippen LogP contribution < -0.4 is 5.32 Å². The lowest BCUT2D eigenvalue weighted by molar-refractivity contribution is 0.174. The van der Waals surface area contributed by atoms with Gasteiger partial charge in [0.25, 0.3) is 0 Å². The van der Waals surface area contributed by atoms with Crippen LogP contribution in [0.1, 0.15) is 49.1 Å². The van der Waals surface area contributed by atoms with E-state index in [0.29, 0.717) is 18.4 Å². The van der Waals surface area contributed by atoms with E-state index >= 15 is 0 Å². The van der Waals surface area contributed by atoms with Crippen molar-refractivity contribution in [2.45, 2.75) is 51.1 Å². The first-order valence-corrected chi connectivity index (χ1v) is 11.4. The minimum atomic E-state index is -0.251. The summed E-state index contributed by atoms with van der Waals surface area (Å²) in [7, 11) is 4.13. The van der Waals surface area contributed by atoms with Crippen LogP contribution in [0.2, 0.25) is 0 Å². The molecule has 0 spiro atoms. The molecule has 164 valence electrons. The predicted octanol–water partition coefficient (Wildman–Crippen LogP) is 4.72. The van der Waals surface area contributed by atoms with Gasteiger partial charge in [-0.1, -0.05) is 18.6 Å². The number of rotatable bonds is 8. The first-order valence-electron chi connectivity index (χ1n) is 11.4. The van der Waals surface area contributed by atoms with Crippen LogP contribution in [0.15, 0.2) is 42.9 Å². The molecule has 5 rings (SSSR count). The molecule has 0 unspecified atom stereocenters. The molecule has 32 heavy (non-hydrogen) atoms. The minimum absolute atomic E-state index is 0.251. The summed E-state index contributed by atoms with van der Waals surface area (Å²) >= 11 is 0. The maximum atomic E-state index is 9.57. The molecule has 2 aromatic heterocycles. The van der Waals surface area contributed by atoms with Crippen LogP contribution in [-0.4, -0.2) is 38.7 Å². The molecule has 0 saturated heterocycles. The van der Waals surface area contributed by atoms with Crippen LogP contribution in [0.4, 0.5) is 11.6 Å². The third-order valence-corrected chi connectivity index (χ3v) is 6.44. The molecule has 3 aromatic rings. The second-order valence-corrected chi connectivity index (χ2v) is 9.51. The van der Waals surface area contributed by atoms with Gasteiger partial charge >= 0.3 is 0 Å². The first kappa shape index (κ1) is 20.7. The van der Waals surface area contributed by atoms with Crippen LogP contribution in [0.25, 0.3) is 11.3 Å². The molecular weight excluding hydrogens is 398 g/mol. The Morgan fingerprint density at radius 2 is 2.09 bits per heavy atom. The second kappa shape index (κ2) is 8.36. The number of nitriles is 1. The number of anilines is 2. The topological polar surface area (TPSA) is 82.7 Å². The molecule has 2 fully saturated rings. The number of nitrogens with one attached hydrogen (secondary N) is 1. The largest absolute Gasteiger partial charge is 0.324 e. The zero-order valence-corrected chi connectivity index (χ0v) is 18.8. The number of hydrogen-bond acceptors (Lipinski definition) is 6. The zero-order valence-electron chi connectivity index (χ0n) is 18.8. The highest BCUT2D eigenvalue weighted by Crippen LogP contribution is 2.44. The Kier molecular flexibility index (Phi) is 5.40. The van der Waals surface area contributed by atoms with Crippen LogP contribution in [0.5, 0.6) is 0 Å². The van der Waals surface area contributed by atoms with E-state index in [1.54, 1.807) is 0 Å². The lowest BCUT2D eigenvalue weighted by Gasteiger charge is -2.34. The van der Waals surface area contributed by atoms with Crippen molar-refractivity contribution in [1.29, 1.82) is 5.26 Å². The number of aromatic nitrogens is 4. The van der Waals surface area contributed by atoms with E-state index in [4.69, 9.17) is 4.98 Å². The Labute approximate surface area is 189 Å². The Morgan fingerprint density at radius 1 is 1.25 bits per heavy atom. The van der Waals surface area contributed by atoms with E-state index in [9.17, 15) is 5.26 Å². The number of nitrogens with zero attached hydrogens (tertiary/aromatic N) is 6. The summed E-state index contributed by atoms with van der Waals surface area (Å²) in [4.78, 5) is 11.7. The van der Waals surface area contributed by atoms with E-state index in [0.717, 1.165) is 42.8 Å². The van der Waals surface area contributed by atoms with Crippen molar-refractivity contribution in [3.8, 4) is 17.3 Å². The maximum absolute atomic E-state index is 9.57. The minimum Gasteiger partial charge on any atom is -0.324 e. The smallest absolute Gasteiger partial charge is 0.227 e. The van der Waals surface area contributed by atoms with E-state index in [2.05, 4.69) is 58.7 Å². The molecule has 7 heteroatoms. The van der Waals surface area contributed by atoms with Gasteiger partial charge in [0, 0.05) is 35.8 Å². The molecule has 2 aliphatic carbocycles. The number of hydrogen-bond donors (Lipinski definition) is 1. The SMILES string of the molecule is CN(C)Cc1cccc(Nc2ncc(C3CC3)c(-c3cnn(CC4(C#N)CCC4)c3)n2)c1. The molecule has 2 saturated carbocycles. The van der Waals surface area contributed by atoms with Crippen LogP contribution in [0.3, 0.4) is 0 Å². The molecule has 0 atom stereocenters. The van der Waals surface area contributed by atoms with Crippen molar-refractivity contribution in [1.82, 2.24) is 24.6 Å². The summed E-state index contributed by atoms with van der Waals surface area (Å²) in [6.07, 6.45) is 11.3. The lowest BCUT2D eigenvalue weighted by atomic mass is 9.70. The first-order chi connectivity index (χ1) is 15.5. The van der Waals surface area contributed by atoms with Crippen LogP contribution >= 0.6 is 0 Å². The molecule has 0 amide bonds. The second-order valence-electron chi connectivity index (χ2n) is 9.51. The molecule has 1 N–H and O–H groups in total. The Morgan fingerprint density at radius 3 is 2.78 bits per heavy atom. The zero-order chi connectivity index (χ0) is 22.1. The van der Waals surface area contributed by atoms with Crippen LogP contribution in [0, 0.1) is 16.7 Å². The molecule has 0 aliphatic heterocycles. The molecular formula is C25H29N7. The summed E-state index contributed by atoms with van der Waals surface area (Å²) in [6.45, 7) is 1.53. The normalized spacial score (nSPS) is 17.1. The summed E-state index contributed by atoms with van der Waals surface area (Å²) in [5.41, 5.74) is 5.09. The van der Waals surface area contributed by atoms with Gasteiger partial charge in [0.05, 0.1) is 29.9 Å².